The molecule has 0 bridgehead atoms. The predicted molar refractivity (Wildman–Crippen MR) is 125 cm³/mol. The van der Waals surface area contributed by atoms with E-state index in [4.69, 9.17) is 4.74 Å². The number of anilines is 1. The zero-order valence-electron chi connectivity index (χ0n) is 18.7. The van der Waals surface area contributed by atoms with Crippen molar-refractivity contribution in [2.45, 2.75) is 57.9 Å². The molecule has 1 atom stereocenters. The van der Waals surface area contributed by atoms with E-state index in [1.807, 2.05) is 42.5 Å². The molecule has 5 nitrogen and oxygen atoms in total. The van der Waals surface area contributed by atoms with E-state index in [1.54, 1.807) is 24.1 Å². The van der Waals surface area contributed by atoms with Gasteiger partial charge in [0.25, 0.3) is 5.91 Å². The molecule has 31 heavy (non-hydrogen) atoms. The fourth-order valence-electron chi connectivity index (χ4n) is 4.43. The van der Waals surface area contributed by atoms with Crippen LogP contribution in [-0.2, 0) is 4.79 Å². The van der Waals surface area contributed by atoms with E-state index < -0.39 is 6.04 Å². The second-order valence-electron chi connectivity index (χ2n) is 8.20. The Morgan fingerprint density at radius 2 is 1.71 bits per heavy atom. The van der Waals surface area contributed by atoms with Crippen molar-refractivity contribution >= 4 is 17.5 Å². The molecule has 3 rings (SSSR count). The smallest absolute Gasteiger partial charge is 0.262 e. The lowest BCUT2D eigenvalue weighted by Gasteiger charge is -2.38. The van der Waals surface area contributed by atoms with E-state index in [-0.39, 0.29) is 17.7 Å². The predicted octanol–water partition coefficient (Wildman–Crippen LogP) is 5.21. The van der Waals surface area contributed by atoms with Gasteiger partial charge in [-0.1, -0.05) is 62.9 Å². The average molecular weight is 423 g/mol. The molecule has 1 unspecified atom stereocenters. The van der Waals surface area contributed by atoms with E-state index in [1.165, 1.54) is 6.42 Å². The molecule has 0 heterocycles. The highest BCUT2D eigenvalue weighted by molar-refractivity contribution is 6.11. The highest BCUT2D eigenvalue weighted by Crippen LogP contribution is 2.34. The van der Waals surface area contributed by atoms with Gasteiger partial charge in [0.05, 0.1) is 12.7 Å². The van der Waals surface area contributed by atoms with Crippen molar-refractivity contribution in [1.82, 2.24) is 5.32 Å². The minimum Gasteiger partial charge on any atom is -0.496 e. The van der Waals surface area contributed by atoms with Crippen molar-refractivity contribution in [1.29, 1.82) is 0 Å². The Balaban J connectivity index is 2.04. The van der Waals surface area contributed by atoms with Crippen LogP contribution in [0, 0.1) is 5.92 Å². The van der Waals surface area contributed by atoms with Crippen LogP contribution in [0.25, 0.3) is 0 Å². The highest BCUT2D eigenvalue weighted by Gasteiger charge is 2.38. The molecule has 166 valence electrons. The van der Waals surface area contributed by atoms with Gasteiger partial charge < -0.3 is 10.1 Å². The number of para-hydroxylation sites is 2. The monoisotopic (exact) mass is 422 g/mol. The molecule has 0 spiro atoms. The molecule has 1 fully saturated rings. The van der Waals surface area contributed by atoms with E-state index in [0.717, 1.165) is 44.2 Å². The molecule has 1 aliphatic carbocycles. The van der Waals surface area contributed by atoms with Crippen molar-refractivity contribution in [3.8, 4) is 5.75 Å². The highest BCUT2D eigenvalue weighted by atomic mass is 16.5. The van der Waals surface area contributed by atoms with Gasteiger partial charge in [-0.25, -0.2) is 0 Å². The molecule has 1 saturated carbocycles. The standard InChI is InChI=1S/C26H34N2O3/c1-3-4-19-27-25(29)24(20-13-7-5-8-14-20)28(21-15-9-6-10-16-21)26(30)22-17-11-12-18-23(22)31-2/h6,9-12,15-18,20,24H,3-5,7-8,13-14,19H2,1-2H3,(H,27,29). The number of nitrogens with one attached hydrogen (secondary N) is 1. The fourth-order valence-corrected chi connectivity index (χ4v) is 4.43. The molecule has 2 amide bonds. The lowest BCUT2D eigenvalue weighted by atomic mass is 9.82. The summed E-state index contributed by atoms with van der Waals surface area (Å²) in [6.45, 7) is 2.73. The maximum absolute atomic E-state index is 13.9. The Labute approximate surface area is 185 Å². The summed E-state index contributed by atoms with van der Waals surface area (Å²) in [4.78, 5) is 29.1. The summed E-state index contributed by atoms with van der Waals surface area (Å²) in [6.07, 6.45) is 7.21. The third-order valence-corrected chi connectivity index (χ3v) is 6.06. The third-order valence-electron chi connectivity index (χ3n) is 6.06. The first-order valence-electron chi connectivity index (χ1n) is 11.5. The summed E-state index contributed by atoms with van der Waals surface area (Å²) in [6, 6.07) is 16.2. The van der Waals surface area contributed by atoms with Gasteiger partial charge in [0.15, 0.2) is 0 Å². The maximum Gasteiger partial charge on any atom is 0.262 e. The molecule has 0 radical (unpaired) electrons. The van der Waals surface area contributed by atoms with Gasteiger partial charge in [-0.2, -0.15) is 0 Å². The van der Waals surface area contributed by atoms with Crippen molar-refractivity contribution in [2.24, 2.45) is 5.92 Å². The number of carbonyl (C=O) groups is 2. The van der Waals surface area contributed by atoms with Gasteiger partial charge in [0.1, 0.15) is 11.8 Å². The summed E-state index contributed by atoms with van der Waals surface area (Å²) < 4.78 is 5.47. The second kappa shape index (κ2) is 11.5. The van der Waals surface area contributed by atoms with E-state index >= 15 is 0 Å². The van der Waals surface area contributed by atoms with E-state index in [2.05, 4.69) is 12.2 Å². The summed E-state index contributed by atoms with van der Waals surface area (Å²) in [7, 11) is 1.56. The Kier molecular flexibility index (Phi) is 8.51. The molecular formula is C26H34N2O3. The number of carbonyl (C=O) groups excluding carboxylic acids is 2. The molecule has 5 heteroatoms. The van der Waals surface area contributed by atoms with Crippen LogP contribution in [0.5, 0.6) is 5.75 Å². The van der Waals surface area contributed by atoms with Gasteiger partial charge in [-0.15, -0.1) is 0 Å². The molecule has 2 aromatic carbocycles. The zero-order valence-corrected chi connectivity index (χ0v) is 18.7. The molecule has 0 aliphatic heterocycles. The van der Waals surface area contributed by atoms with Crippen molar-refractivity contribution in [2.75, 3.05) is 18.6 Å². The van der Waals surface area contributed by atoms with Gasteiger partial charge >= 0.3 is 0 Å². The lowest BCUT2D eigenvalue weighted by molar-refractivity contribution is -0.123. The molecule has 1 N–H and O–H groups in total. The fraction of sp³-hybridized carbons (Fsp3) is 0.462. The largest absolute Gasteiger partial charge is 0.496 e. The van der Waals surface area contributed by atoms with Crippen molar-refractivity contribution < 1.29 is 14.3 Å². The number of benzene rings is 2. The number of methoxy groups -OCH3 is 1. The van der Waals surface area contributed by atoms with Gasteiger partial charge in [0, 0.05) is 12.2 Å². The molecule has 0 aromatic heterocycles. The first kappa shape index (κ1) is 22.9. The second-order valence-corrected chi connectivity index (χ2v) is 8.20. The normalized spacial score (nSPS) is 15.2. The third kappa shape index (κ3) is 5.66. The van der Waals surface area contributed by atoms with Crippen LogP contribution < -0.4 is 15.0 Å². The van der Waals surface area contributed by atoms with Crippen LogP contribution in [0.1, 0.15) is 62.2 Å². The summed E-state index contributed by atoms with van der Waals surface area (Å²) in [5, 5.41) is 3.10. The molecule has 2 aromatic rings. The Morgan fingerprint density at radius 1 is 1.03 bits per heavy atom. The number of hydrogen-bond donors (Lipinski definition) is 1. The van der Waals surface area contributed by atoms with Crippen LogP contribution in [0.4, 0.5) is 5.69 Å². The van der Waals surface area contributed by atoms with Crippen LogP contribution in [-0.4, -0.2) is 31.5 Å². The summed E-state index contributed by atoms with van der Waals surface area (Å²) in [5.41, 5.74) is 1.20. The molecular weight excluding hydrogens is 388 g/mol. The molecule has 1 aliphatic rings. The van der Waals surface area contributed by atoms with Gasteiger partial charge in [-0.3, -0.25) is 14.5 Å². The number of unbranched alkanes of at least 4 members (excludes halogenated alkanes) is 1. The van der Waals surface area contributed by atoms with Gasteiger partial charge in [-0.05, 0) is 49.4 Å². The Hall–Kier alpha value is -2.82. The average Bonchev–Trinajstić information content (AvgIpc) is 2.83. The van der Waals surface area contributed by atoms with Crippen LogP contribution >= 0.6 is 0 Å². The van der Waals surface area contributed by atoms with Crippen molar-refractivity contribution in [3.63, 3.8) is 0 Å². The summed E-state index contributed by atoms with van der Waals surface area (Å²) >= 11 is 0. The zero-order chi connectivity index (χ0) is 22.1. The van der Waals surface area contributed by atoms with Crippen molar-refractivity contribution in [3.05, 3.63) is 60.2 Å². The molecule has 0 saturated heterocycles. The number of rotatable bonds is 9. The SMILES string of the molecule is CCCCNC(=O)C(C1CCCCC1)N(C(=O)c1ccccc1OC)c1ccccc1. The van der Waals surface area contributed by atoms with E-state index in [0.29, 0.717) is 17.9 Å². The number of ether oxygens (including phenoxy) is 1. The lowest BCUT2D eigenvalue weighted by Crippen LogP contribution is -2.54. The van der Waals surface area contributed by atoms with E-state index in [9.17, 15) is 9.59 Å². The maximum atomic E-state index is 13.9. The van der Waals surface area contributed by atoms with Crippen LogP contribution in [0.3, 0.4) is 0 Å². The first-order chi connectivity index (χ1) is 15.2. The van der Waals surface area contributed by atoms with Crippen LogP contribution in [0.2, 0.25) is 0 Å². The van der Waals surface area contributed by atoms with Gasteiger partial charge in [0.2, 0.25) is 5.91 Å². The summed E-state index contributed by atoms with van der Waals surface area (Å²) in [5.74, 6) is 0.383. The minimum absolute atomic E-state index is 0.0625. The Morgan fingerprint density at radius 3 is 2.39 bits per heavy atom. The number of nitrogens with zero attached hydrogens (tertiary/aromatic N) is 1. The minimum atomic E-state index is -0.544. The number of amides is 2. The first-order valence-corrected chi connectivity index (χ1v) is 11.5. The Bertz CT molecular complexity index is 847. The quantitative estimate of drug-likeness (QED) is 0.565. The number of hydrogen-bond acceptors (Lipinski definition) is 3. The van der Waals surface area contributed by atoms with Crippen LogP contribution in [0.15, 0.2) is 54.6 Å². The topological polar surface area (TPSA) is 58.6 Å².